The minimum Gasteiger partial charge on any atom is -0.465 e. The summed E-state index contributed by atoms with van der Waals surface area (Å²) in [6, 6.07) is 15.4. The zero-order chi connectivity index (χ0) is 28.2. The van der Waals surface area contributed by atoms with Gasteiger partial charge < -0.3 is 19.1 Å². The Balaban J connectivity index is 1.55. The number of aromatic nitrogens is 1. The standard InChI is InChI=1S/C29H35N3O6S/c1-29(2,3)23-8-6-20(7-9-23)22-16-21-12-13-32(28(33)27(21)30-18-22)24-10-11-26(38-19-37-15-14-36-4)25(17-24)31-39(5,34)35/h6-11,16-18,31H,12-15,19H2,1-5H3. The molecule has 10 heteroatoms. The Morgan fingerprint density at radius 1 is 1.03 bits per heavy atom. The van der Waals surface area contributed by atoms with Gasteiger partial charge in [-0.1, -0.05) is 45.0 Å². The summed E-state index contributed by atoms with van der Waals surface area (Å²) in [5.41, 5.74) is 5.36. The molecule has 4 rings (SSSR count). The number of carbonyl (C=O) groups excluding carboxylic acids is 1. The molecule has 0 spiro atoms. The second kappa shape index (κ2) is 11.7. The quantitative estimate of drug-likeness (QED) is 0.288. The predicted octanol–water partition coefficient (Wildman–Crippen LogP) is 4.62. The summed E-state index contributed by atoms with van der Waals surface area (Å²) in [4.78, 5) is 19.6. The highest BCUT2D eigenvalue weighted by molar-refractivity contribution is 7.92. The number of amides is 1. The van der Waals surface area contributed by atoms with Gasteiger partial charge in [0.1, 0.15) is 11.4 Å². The van der Waals surface area contributed by atoms with Crippen LogP contribution in [0, 0.1) is 0 Å². The van der Waals surface area contributed by atoms with Crippen molar-refractivity contribution in [3.63, 3.8) is 0 Å². The maximum absolute atomic E-state index is 13.4. The van der Waals surface area contributed by atoms with Crippen molar-refractivity contribution in [1.82, 2.24) is 4.98 Å². The SMILES string of the molecule is COCCOCOc1ccc(N2CCc3cc(-c4ccc(C(C)(C)C)cc4)cnc3C2=O)cc1NS(C)(=O)=O. The van der Waals surface area contributed by atoms with E-state index in [4.69, 9.17) is 14.2 Å². The van der Waals surface area contributed by atoms with Gasteiger partial charge in [0, 0.05) is 31.1 Å². The summed E-state index contributed by atoms with van der Waals surface area (Å²) in [7, 11) is -2.03. The van der Waals surface area contributed by atoms with Gasteiger partial charge in [0.25, 0.3) is 5.91 Å². The molecule has 0 radical (unpaired) electrons. The molecule has 2 aromatic carbocycles. The Hall–Kier alpha value is -3.47. The molecular formula is C29H35N3O6S. The van der Waals surface area contributed by atoms with Crippen LogP contribution in [0.25, 0.3) is 11.1 Å². The van der Waals surface area contributed by atoms with E-state index < -0.39 is 10.0 Å². The van der Waals surface area contributed by atoms with E-state index in [0.29, 0.717) is 37.6 Å². The van der Waals surface area contributed by atoms with Gasteiger partial charge in [0.2, 0.25) is 10.0 Å². The van der Waals surface area contributed by atoms with E-state index in [9.17, 15) is 13.2 Å². The molecule has 0 saturated carbocycles. The van der Waals surface area contributed by atoms with Gasteiger partial charge in [-0.25, -0.2) is 8.42 Å². The van der Waals surface area contributed by atoms with E-state index in [1.807, 2.05) is 6.07 Å². The van der Waals surface area contributed by atoms with Crippen LogP contribution in [0.4, 0.5) is 11.4 Å². The first-order valence-electron chi connectivity index (χ1n) is 12.7. The molecule has 9 nitrogen and oxygen atoms in total. The fourth-order valence-electron chi connectivity index (χ4n) is 4.32. The van der Waals surface area contributed by atoms with Crippen molar-refractivity contribution in [3.8, 4) is 16.9 Å². The largest absolute Gasteiger partial charge is 0.465 e. The number of carbonyl (C=O) groups is 1. The van der Waals surface area contributed by atoms with Crippen LogP contribution in [0.1, 0.15) is 42.4 Å². The number of benzene rings is 2. The number of pyridine rings is 1. The first-order valence-corrected chi connectivity index (χ1v) is 14.6. The number of nitrogens with zero attached hydrogens (tertiary/aromatic N) is 2. The average molecular weight is 554 g/mol. The van der Waals surface area contributed by atoms with Crippen molar-refractivity contribution in [2.24, 2.45) is 0 Å². The van der Waals surface area contributed by atoms with E-state index in [2.05, 4.69) is 54.7 Å². The van der Waals surface area contributed by atoms with Crippen LogP contribution < -0.4 is 14.4 Å². The first-order chi connectivity index (χ1) is 18.5. The average Bonchev–Trinajstić information content (AvgIpc) is 2.88. The van der Waals surface area contributed by atoms with E-state index in [-0.39, 0.29) is 29.6 Å². The highest BCUT2D eigenvalue weighted by atomic mass is 32.2. The number of hydrogen-bond acceptors (Lipinski definition) is 7. The molecule has 2 heterocycles. The predicted molar refractivity (Wildman–Crippen MR) is 152 cm³/mol. The van der Waals surface area contributed by atoms with E-state index in [1.165, 1.54) is 5.56 Å². The van der Waals surface area contributed by atoms with Gasteiger partial charge >= 0.3 is 0 Å². The molecule has 1 N–H and O–H groups in total. The molecule has 0 aliphatic carbocycles. The zero-order valence-electron chi connectivity index (χ0n) is 23.0. The summed E-state index contributed by atoms with van der Waals surface area (Å²) in [5, 5.41) is 0. The lowest BCUT2D eigenvalue weighted by Crippen LogP contribution is -2.38. The minimum absolute atomic E-state index is 0.0708. The smallest absolute Gasteiger partial charge is 0.277 e. The number of sulfonamides is 1. The second-order valence-corrected chi connectivity index (χ2v) is 12.2. The summed E-state index contributed by atoms with van der Waals surface area (Å²) >= 11 is 0. The van der Waals surface area contributed by atoms with Crippen LogP contribution in [0.2, 0.25) is 0 Å². The number of nitrogens with one attached hydrogen (secondary N) is 1. The van der Waals surface area contributed by atoms with Crippen molar-refractivity contribution in [2.75, 3.05) is 49.5 Å². The molecule has 0 fully saturated rings. The maximum atomic E-state index is 13.4. The third-order valence-corrected chi connectivity index (χ3v) is 6.99. The Morgan fingerprint density at radius 3 is 2.44 bits per heavy atom. The topological polar surface area (TPSA) is 107 Å². The Kier molecular flexibility index (Phi) is 8.58. The number of hydrogen-bond donors (Lipinski definition) is 1. The third-order valence-electron chi connectivity index (χ3n) is 6.40. The van der Waals surface area contributed by atoms with Crippen molar-refractivity contribution < 1.29 is 27.4 Å². The molecule has 0 atom stereocenters. The van der Waals surface area contributed by atoms with Gasteiger partial charge in [0.05, 0.1) is 25.2 Å². The molecule has 0 bridgehead atoms. The summed E-state index contributed by atoms with van der Waals surface area (Å²) in [6.45, 7) is 7.63. The lowest BCUT2D eigenvalue weighted by Gasteiger charge is -2.29. The molecule has 1 aromatic heterocycles. The fraction of sp³-hybridized carbons (Fsp3) is 0.379. The number of methoxy groups -OCH3 is 1. The number of rotatable bonds is 10. The van der Waals surface area contributed by atoms with Crippen molar-refractivity contribution in [3.05, 3.63) is 71.5 Å². The summed E-state index contributed by atoms with van der Waals surface area (Å²) < 4.78 is 42.3. The molecule has 39 heavy (non-hydrogen) atoms. The second-order valence-electron chi connectivity index (χ2n) is 10.5. The van der Waals surface area contributed by atoms with Crippen molar-refractivity contribution in [2.45, 2.75) is 32.6 Å². The van der Waals surface area contributed by atoms with Gasteiger partial charge in [0.15, 0.2) is 6.79 Å². The molecule has 1 amide bonds. The Bertz CT molecular complexity index is 1430. The van der Waals surface area contributed by atoms with Gasteiger partial charge in [-0.15, -0.1) is 0 Å². The highest BCUT2D eigenvalue weighted by Crippen LogP contribution is 2.34. The summed E-state index contributed by atoms with van der Waals surface area (Å²) in [5.74, 6) is 0.0412. The van der Waals surface area contributed by atoms with Crippen LogP contribution in [0.5, 0.6) is 5.75 Å². The molecule has 208 valence electrons. The minimum atomic E-state index is -3.60. The van der Waals surface area contributed by atoms with Gasteiger partial charge in [-0.3, -0.25) is 14.5 Å². The Morgan fingerprint density at radius 2 is 1.77 bits per heavy atom. The molecule has 3 aromatic rings. The molecular weight excluding hydrogens is 518 g/mol. The highest BCUT2D eigenvalue weighted by Gasteiger charge is 2.28. The van der Waals surface area contributed by atoms with Crippen LogP contribution in [0.15, 0.2) is 54.7 Å². The third kappa shape index (κ3) is 7.14. The lowest BCUT2D eigenvalue weighted by atomic mass is 9.86. The lowest BCUT2D eigenvalue weighted by molar-refractivity contribution is -0.00813. The molecule has 0 saturated heterocycles. The molecule has 1 aliphatic heterocycles. The van der Waals surface area contributed by atoms with Crippen LogP contribution >= 0.6 is 0 Å². The summed E-state index contributed by atoms with van der Waals surface area (Å²) in [6.07, 6.45) is 3.39. The normalized spacial score (nSPS) is 13.8. The van der Waals surface area contributed by atoms with E-state index in [0.717, 1.165) is 22.9 Å². The number of fused-ring (bicyclic) bond motifs is 1. The number of ether oxygens (including phenoxy) is 3. The van der Waals surface area contributed by atoms with Gasteiger partial charge in [-0.05, 0) is 52.8 Å². The maximum Gasteiger partial charge on any atom is 0.277 e. The first kappa shape index (κ1) is 28.5. The number of anilines is 2. The van der Waals surface area contributed by atoms with Gasteiger partial charge in [-0.2, -0.15) is 0 Å². The monoisotopic (exact) mass is 553 g/mol. The van der Waals surface area contributed by atoms with Crippen molar-refractivity contribution >= 4 is 27.3 Å². The molecule has 1 aliphatic rings. The van der Waals surface area contributed by atoms with Crippen LogP contribution in [-0.4, -0.2) is 59.2 Å². The van der Waals surface area contributed by atoms with Crippen LogP contribution in [0.3, 0.4) is 0 Å². The van der Waals surface area contributed by atoms with E-state index in [1.54, 1.807) is 36.4 Å². The molecule has 0 unspecified atom stereocenters. The van der Waals surface area contributed by atoms with Crippen LogP contribution in [-0.2, 0) is 31.3 Å². The van der Waals surface area contributed by atoms with Crippen molar-refractivity contribution in [1.29, 1.82) is 0 Å². The van der Waals surface area contributed by atoms with E-state index >= 15 is 0 Å². The fourth-order valence-corrected chi connectivity index (χ4v) is 4.88. The Labute approximate surface area is 230 Å². The zero-order valence-corrected chi connectivity index (χ0v) is 23.8.